The Morgan fingerprint density at radius 3 is 2.67 bits per heavy atom. The summed E-state index contributed by atoms with van der Waals surface area (Å²) in [5.41, 5.74) is 1.22. The minimum Gasteiger partial charge on any atom is -0.385 e. The molecule has 0 spiro atoms. The second-order valence-electron chi connectivity index (χ2n) is 3.66. The Morgan fingerprint density at radius 2 is 1.80 bits per heavy atom. The zero-order valence-corrected chi connectivity index (χ0v) is 8.87. The Morgan fingerprint density at radius 1 is 1.00 bits per heavy atom. The zero-order valence-electron chi connectivity index (χ0n) is 8.87. The van der Waals surface area contributed by atoms with Gasteiger partial charge in [-0.3, -0.25) is 0 Å². The highest BCUT2D eigenvalue weighted by atomic mass is 14.9. The lowest BCUT2D eigenvalue weighted by atomic mass is 10.1. The van der Waals surface area contributed by atoms with E-state index in [9.17, 15) is 0 Å². The van der Waals surface area contributed by atoms with Crippen molar-refractivity contribution in [1.29, 1.82) is 0 Å². The second kappa shape index (κ2) is 4.83. The van der Waals surface area contributed by atoms with E-state index < -0.39 is 0 Å². The average Bonchev–Trinajstić information content (AvgIpc) is 2.30. The van der Waals surface area contributed by atoms with Crippen molar-refractivity contribution in [2.24, 2.45) is 0 Å². The lowest BCUT2D eigenvalue weighted by Crippen LogP contribution is -2.00. The van der Waals surface area contributed by atoms with Crippen molar-refractivity contribution in [3.8, 4) is 0 Å². The normalized spacial score (nSPS) is 10.5. The van der Waals surface area contributed by atoms with Gasteiger partial charge in [-0.2, -0.15) is 0 Å². The van der Waals surface area contributed by atoms with E-state index in [-0.39, 0.29) is 0 Å². The number of nitrogens with one attached hydrogen (secondary N) is 1. The number of unbranched alkanes of at least 4 members (excludes halogenated alkanes) is 1. The first-order valence-corrected chi connectivity index (χ1v) is 5.42. The number of fused-ring (bicyclic) bond motifs is 1. The van der Waals surface area contributed by atoms with Crippen LogP contribution in [0.3, 0.4) is 0 Å². The van der Waals surface area contributed by atoms with E-state index in [1.165, 1.54) is 16.5 Å². The first kappa shape index (κ1) is 10.0. The third kappa shape index (κ3) is 2.30. The lowest BCUT2D eigenvalue weighted by Gasteiger charge is -2.08. The molecule has 0 fully saturated rings. The largest absolute Gasteiger partial charge is 0.385 e. The van der Waals surface area contributed by atoms with Gasteiger partial charge in [0, 0.05) is 17.6 Å². The molecular weight excluding hydrogens is 182 g/mol. The van der Waals surface area contributed by atoms with Gasteiger partial charge in [-0.15, -0.1) is 0 Å². The van der Waals surface area contributed by atoms with Gasteiger partial charge < -0.3 is 5.32 Å². The minimum absolute atomic E-state index is 0.984. The summed E-state index contributed by atoms with van der Waals surface area (Å²) in [6, 6.07) is 14.8. The molecule has 0 bridgehead atoms. The van der Waals surface area contributed by atoms with Crippen molar-refractivity contribution in [3.05, 3.63) is 49.4 Å². The molecule has 2 aromatic carbocycles. The molecule has 1 nitrogen and oxygen atoms in total. The Bertz CT molecular complexity index is 429. The SMILES string of the molecule is [CH2]CCCNc1cccc2ccccc12. The maximum absolute atomic E-state index is 3.84. The summed E-state index contributed by atoms with van der Waals surface area (Å²) in [5.74, 6) is 0. The molecule has 0 saturated heterocycles. The molecule has 0 atom stereocenters. The van der Waals surface area contributed by atoms with Gasteiger partial charge >= 0.3 is 0 Å². The Hall–Kier alpha value is -1.50. The highest BCUT2D eigenvalue weighted by Crippen LogP contribution is 2.22. The molecule has 0 aromatic heterocycles. The molecule has 0 unspecified atom stereocenters. The van der Waals surface area contributed by atoms with Crippen molar-refractivity contribution < 1.29 is 0 Å². The van der Waals surface area contributed by atoms with Gasteiger partial charge in [0.2, 0.25) is 0 Å². The molecule has 1 radical (unpaired) electrons. The molecule has 0 aliphatic carbocycles. The van der Waals surface area contributed by atoms with Crippen LogP contribution >= 0.6 is 0 Å². The highest BCUT2D eigenvalue weighted by Gasteiger charge is 1.97. The van der Waals surface area contributed by atoms with E-state index in [1.807, 2.05) is 0 Å². The molecule has 1 heteroatoms. The monoisotopic (exact) mass is 198 g/mol. The van der Waals surface area contributed by atoms with E-state index >= 15 is 0 Å². The number of anilines is 1. The summed E-state index contributed by atoms with van der Waals surface area (Å²) in [5, 5.41) is 6.03. The lowest BCUT2D eigenvalue weighted by molar-refractivity contribution is 0.888. The first-order chi connectivity index (χ1) is 7.42. The van der Waals surface area contributed by atoms with Crippen LogP contribution < -0.4 is 5.32 Å². The van der Waals surface area contributed by atoms with Crippen LogP contribution in [0.2, 0.25) is 0 Å². The number of hydrogen-bond acceptors (Lipinski definition) is 1. The maximum atomic E-state index is 3.84. The zero-order chi connectivity index (χ0) is 10.5. The van der Waals surface area contributed by atoms with Crippen molar-refractivity contribution >= 4 is 16.5 Å². The number of hydrogen-bond donors (Lipinski definition) is 1. The quantitative estimate of drug-likeness (QED) is 0.735. The van der Waals surface area contributed by atoms with Gasteiger partial charge in [0.05, 0.1) is 0 Å². The second-order valence-corrected chi connectivity index (χ2v) is 3.66. The number of benzene rings is 2. The first-order valence-electron chi connectivity index (χ1n) is 5.42. The predicted molar refractivity (Wildman–Crippen MR) is 67.0 cm³/mol. The molecule has 2 aromatic rings. The molecule has 1 N–H and O–H groups in total. The third-order valence-electron chi connectivity index (χ3n) is 2.53. The molecular formula is C14H16N. The molecule has 0 saturated carbocycles. The van der Waals surface area contributed by atoms with Gasteiger partial charge in [-0.05, 0) is 17.9 Å². The molecule has 2 rings (SSSR count). The minimum atomic E-state index is 0.984. The smallest absolute Gasteiger partial charge is 0.0419 e. The van der Waals surface area contributed by atoms with Crippen LogP contribution in [0.1, 0.15) is 12.8 Å². The fourth-order valence-corrected chi connectivity index (χ4v) is 1.73. The summed E-state index contributed by atoms with van der Waals surface area (Å²) in [7, 11) is 0. The van der Waals surface area contributed by atoms with Crippen LogP contribution in [0, 0.1) is 6.92 Å². The maximum Gasteiger partial charge on any atom is 0.0419 e. The Labute approximate surface area is 91.1 Å². The van der Waals surface area contributed by atoms with Gasteiger partial charge in [-0.25, -0.2) is 0 Å². The van der Waals surface area contributed by atoms with Crippen LogP contribution in [0.4, 0.5) is 5.69 Å². The molecule has 0 aliphatic rings. The van der Waals surface area contributed by atoms with E-state index in [0.717, 1.165) is 19.4 Å². The standard InChI is InChI=1S/C14H16N/c1-2-3-11-15-14-10-6-8-12-7-4-5-9-13(12)14/h4-10,15H,1-3,11H2. The highest BCUT2D eigenvalue weighted by molar-refractivity contribution is 5.93. The third-order valence-corrected chi connectivity index (χ3v) is 2.53. The van der Waals surface area contributed by atoms with Gasteiger partial charge in [-0.1, -0.05) is 49.7 Å². The van der Waals surface area contributed by atoms with E-state index in [1.54, 1.807) is 0 Å². The number of rotatable bonds is 4. The van der Waals surface area contributed by atoms with Gasteiger partial charge in [0.15, 0.2) is 0 Å². The van der Waals surface area contributed by atoms with E-state index in [2.05, 4.69) is 54.7 Å². The molecule has 15 heavy (non-hydrogen) atoms. The van der Waals surface area contributed by atoms with Crippen molar-refractivity contribution in [1.82, 2.24) is 0 Å². The van der Waals surface area contributed by atoms with Crippen LogP contribution in [0.5, 0.6) is 0 Å². The van der Waals surface area contributed by atoms with Crippen molar-refractivity contribution in [2.45, 2.75) is 12.8 Å². The fourth-order valence-electron chi connectivity index (χ4n) is 1.73. The average molecular weight is 198 g/mol. The topological polar surface area (TPSA) is 12.0 Å². The van der Waals surface area contributed by atoms with Crippen molar-refractivity contribution in [3.63, 3.8) is 0 Å². The van der Waals surface area contributed by atoms with Crippen molar-refractivity contribution in [2.75, 3.05) is 11.9 Å². The molecule has 77 valence electrons. The van der Waals surface area contributed by atoms with Gasteiger partial charge in [0.25, 0.3) is 0 Å². The Kier molecular flexibility index (Phi) is 3.23. The molecule has 0 aliphatic heterocycles. The molecule has 0 heterocycles. The predicted octanol–water partition coefficient (Wildman–Crippen LogP) is 3.87. The summed E-state index contributed by atoms with van der Waals surface area (Å²) < 4.78 is 0. The van der Waals surface area contributed by atoms with E-state index in [4.69, 9.17) is 0 Å². The van der Waals surface area contributed by atoms with Crippen LogP contribution in [0.15, 0.2) is 42.5 Å². The summed E-state index contributed by atoms with van der Waals surface area (Å²) in [4.78, 5) is 0. The van der Waals surface area contributed by atoms with E-state index in [0.29, 0.717) is 0 Å². The summed E-state index contributed by atoms with van der Waals surface area (Å²) in [6.07, 6.45) is 2.10. The van der Waals surface area contributed by atoms with Crippen LogP contribution in [-0.4, -0.2) is 6.54 Å². The Balaban J connectivity index is 2.26. The van der Waals surface area contributed by atoms with Crippen LogP contribution in [0.25, 0.3) is 10.8 Å². The summed E-state index contributed by atoms with van der Waals surface area (Å²) >= 11 is 0. The fraction of sp³-hybridized carbons (Fsp3) is 0.214. The molecule has 0 amide bonds. The van der Waals surface area contributed by atoms with Crippen LogP contribution in [-0.2, 0) is 0 Å². The van der Waals surface area contributed by atoms with Gasteiger partial charge in [0.1, 0.15) is 0 Å². The summed E-state index contributed by atoms with van der Waals surface area (Å²) in [6.45, 7) is 4.84.